The lowest BCUT2D eigenvalue weighted by atomic mass is 10.00. The van der Waals surface area contributed by atoms with Gasteiger partial charge >= 0.3 is 0 Å². The summed E-state index contributed by atoms with van der Waals surface area (Å²) in [7, 11) is -3.12. The Labute approximate surface area is 171 Å². The number of aromatic nitrogens is 2. The van der Waals surface area contributed by atoms with E-state index in [1.54, 1.807) is 10.5 Å². The predicted molar refractivity (Wildman–Crippen MR) is 115 cm³/mol. The summed E-state index contributed by atoms with van der Waals surface area (Å²) >= 11 is 0. The van der Waals surface area contributed by atoms with Gasteiger partial charge in [0.25, 0.3) is 0 Å². The highest BCUT2D eigenvalue weighted by Crippen LogP contribution is 2.34. The van der Waals surface area contributed by atoms with Gasteiger partial charge in [-0.3, -0.25) is 9.97 Å². The lowest BCUT2D eigenvalue weighted by molar-refractivity contribution is 0.270. The van der Waals surface area contributed by atoms with Crippen LogP contribution in [0.1, 0.15) is 25.0 Å². The van der Waals surface area contributed by atoms with Crippen molar-refractivity contribution < 1.29 is 8.42 Å². The van der Waals surface area contributed by atoms with Gasteiger partial charge in [-0.25, -0.2) is 8.42 Å². The predicted octanol–water partition coefficient (Wildman–Crippen LogP) is 3.58. The summed E-state index contributed by atoms with van der Waals surface area (Å²) in [5, 5.41) is 5.53. The van der Waals surface area contributed by atoms with Crippen LogP contribution in [0.2, 0.25) is 0 Å². The topological polar surface area (TPSA) is 75.2 Å². The van der Waals surface area contributed by atoms with Crippen molar-refractivity contribution in [3.8, 4) is 11.1 Å². The van der Waals surface area contributed by atoms with E-state index in [4.69, 9.17) is 0 Å². The van der Waals surface area contributed by atoms with E-state index >= 15 is 0 Å². The first-order valence-electron chi connectivity index (χ1n) is 10.1. The molecule has 3 aromatic rings. The molecule has 1 aliphatic carbocycles. The van der Waals surface area contributed by atoms with Crippen LogP contribution in [0, 0.1) is 6.92 Å². The van der Waals surface area contributed by atoms with Crippen molar-refractivity contribution in [2.45, 2.75) is 37.5 Å². The number of hydrogen-bond donors (Lipinski definition) is 1. The molecule has 5 rings (SSSR count). The monoisotopic (exact) mass is 408 g/mol. The van der Waals surface area contributed by atoms with Crippen LogP contribution in [0.25, 0.3) is 21.9 Å². The Hall–Kier alpha value is -2.51. The molecule has 29 heavy (non-hydrogen) atoms. The Kier molecular flexibility index (Phi) is 4.52. The van der Waals surface area contributed by atoms with E-state index in [-0.39, 0.29) is 11.3 Å². The maximum Gasteiger partial charge on any atom is 0.217 e. The summed E-state index contributed by atoms with van der Waals surface area (Å²) in [6, 6.07) is 10.4. The Morgan fingerprint density at radius 3 is 2.59 bits per heavy atom. The number of anilines is 1. The molecule has 0 atom stereocenters. The average Bonchev–Trinajstić information content (AvgIpc) is 2.62. The highest BCUT2D eigenvalue weighted by molar-refractivity contribution is 7.89. The molecule has 1 aliphatic heterocycles. The van der Waals surface area contributed by atoms with Crippen LogP contribution in [0.3, 0.4) is 0 Å². The quantitative estimate of drug-likeness (QED) is 0.698. The fourth-order valence-electron chi connectivity index (χ4n) is 3.96. The third-order valence-corrected chi connectivity index (χ3v) is 8.37. The maximum absolute atomic E-state index is 12.6. The van der Waals surface area contributed by atoms with Gasteiger partial charge in [0.2, 0.25) is 10.0 Å². The van der Waals surface area contributed by atoms with Gasteiger partial charge in [0.1, 0.15) is 0 Å². The first-order valence-corrected chi connectivity index (χ1v) is 11.6. The van der Waals surface area contributed by atoms with Gasteiger partial charge in [-0.1, -0.05) is 12.5 Å². The van der Waals surface area contributed by atoms with Crippen molar-refractivity contribution in [3.63, 3.8) is 0 Å². The zero-order valence-electron chi connectivity index (χ0n) is 16.4. The lowest BCUT2D eigenvalue weighted by Crippen LogP contribution is -2.59. The fourth-order valence-corrected chi connectivity index (χ4v) is 6.09. The first kappa shape index (κ1) is 18.5. The number of nitrogens with one attached hydrogen (secondary N) is 1. The van der Waals surface area contributed by atoms with E-state index in [0.717, 1.165) is 52.5 Å². The third-order valence-electron chi connectivity index (χ3n) is 6.04. The summed E-state index contributed by atoms with van der Waals surface area (Å²) in [5.41, 5.74) is 4.10. The van der Waals surface area contributed by atoms with E-state index in [9.17, 15) is 8.42 Å². The normalized spacial score (nSPS) is 18.4. The molecule has 0 unspecified atom stereocenters. The molecule has 0 amide bonds. The number of pyridine rings is 2. The molecule has 2 aliphatic rings. The molecule has 7 heteroatoms. The second kappa shape index (κ2) is 7.07. The molecular weight excluding hydrogens is 384 g/mol. The molecule has 0 bridgehead atoms. The van der Waals surface area contributed by atoms with Crippen LogP contribution in [0.5, 0.6) is 0 Å². The van der Waals surface area contributed by atoms with Gasteiger partial charge in [-0.15, -0.1) is 0 Å². The van der Waals surface area contributed by atoms with Crippen molar-refractivity contribution in [1.29, 1.82) is 0 Å². The number of fused-ring (bicyclic) bond motifs is 1. The number of rotatable bonds is 5. The Balaban J connectivity index is 1.40. The smallest absolute Gasteiger partial charge is 0.217 e. The van der Waals surface area contributed by atoms with Crippen LogP contribution in [0.4, 0.5) is 5.69 Å². The Morgan fingerprint density at radius 2 is 1.90 bits per heavy atom. The lowest BCUT2D eigenvalue weighted by Gasteiger charge is -2.42. The van der Waals surface area contributed by atoms with Crippen LogP contribution in [-0.2, 0) is 10.0 Å². The van der Waals surface area contributed by atoms with E-state index in [0.29, 0.717) is 13.1 Å². The van der Waals surface area contributed by atoms with E-state index in [1.807, 2.05) is 31.5 Å². The Morgan fingerprint density at radius 1 is 1.07 bits per heavy atom. The van der Waals surface area contributed by atoms with Crippen molar-refractivity contribution in [2.75, 3.05) is 18.4 Å². The molecule has 0 spiro atoms. The number of sulfonamides is 1. The molecule has 0 radical (unpaired) electrons. The zero-order valence-corrected chi connectivity index (χ0v) is 17.2. The molecule has 1 N–H and O–H groups in total. The van der Waals surface area contributed by atoms with E-state index in [1.165, 1.54) is 0 Å². The van der Waals surface area contributed by atoms with Gasteiger partial charge in [0.05, 0.1) is 11.3 Å². The number of hydrogen-bond acceptors (Lipinski definition) is 5. The molecule has 1 aromatic carbocycles. The highest BCUT2D eigenvalue weighted by Gasteiger charge is 2.42. The fraction of sp³-hybridized carbons (Fsp3) is 0.364. The number of nitrogens with zero attached hydrogens (tertiary/aromatic N) is 3. The molecule has 2 aromatic heterocycles. The highest BCUT2D eigenvalue weighted by atomic mass is 32.2. The standard InChI is InChI=1S/C22H24N4O2S/c1-15-5-6-17(11-24-15)18-9-16-7-8-23-12-21(16)22(10-18)25-19-13-26(14-19)29(27,28)20-3-2-4-20/h5-12,19-20,25H,2-4,13-14H2,1H3. The van der Waals surface area contributed by atoms with Gasteiger partial charge < -0.3 is 5.32 Å². The zero-order chi connectivity index (χ0) is 20.0. The van der Waals surface area contributed by atoms with Crippen LogP contribution >= 0.6 is 0 Å². The summed E-state index contributed by atoms with van der Waals surface area (Å²) in [6.07, 6.45) is 8.17. The third kappa shape index (κ3) is 3.38. The van der Waals surface area contributed by atoms with Crippen LogP contribution in [-0.4, -0.2) is 47.1 Å². The summed E-state index contributed by atoms with van der Waals surface area (Å²) in [4.78, 5) is 8.69. The first-order chi connectivity index (χ1) is 14.0. The Bertz CT molecular complexity index is 1150. The molecule has 1 saturated heterocycles. The number of aryl methyl sites for hydroxylation is 1. The maximum atomic E-state index is 12.6. The van der Waals surface area contributed by atoms with Gasteiger partial charge in [-0.2, -0.15) is 4.31 Å². The van der Waals surface area contributed by atoms with Crippen LogP contribution < -0.4 is 5.32 Å². The second-order valence-corrected chi connectivity index (χ2v) is 10.3. The summed E-state index contributed by atoms with van der Waals surface area (Å²) in [6.45, 7) is 3.02. The SMILES string of the molecule is Cc1ccc(-c2cc(NC3CN(S(=O)(=O)C4CCC4)C3)c3cnccc3c2)cn1. The summed E-state index contributed by atoms with van der Waals surface area (Å²) < 4.78 is 26.7. The molecular formula is C22H24N4O2S. The summed E-state index contributed by atoms with van der Waals surface area (Å²) in [5.74, 6) is 0. The van der Waals surface area contributed by atoms with Crippen LogP contribution in [0.15, 0.2) is 48.9 Å². The number of benzene rings is 1. The van der Waals surface area contributed by atoms with Gasteiger partial charge in [-0.05, 0) is 55.0 Å². The minimum atomic E-state index is -3.12. The average molecular weight is 409 g/mol. The second-order valence-electron chi connectivity index (χ2n) is 8.06. The van der Waals surface area contributed by atoms with Gasteiger partial charge in [0, 0.05) is 54.0 Å². The van der Waals surface area contributed by atoms with Crippen molar-refractivity contribution >= 4 is 26.5 Å². The minimum absolute atomic E-state index is 0.111. The van der Waals surface area contributed by atoms with E-state index in [2.05, 4.69) is 33.5 Å². The molecule has 6 nitrogen and oxygen atoms in total. The van der Waals surface area contributed by atoms with Gasteiger partial charge in [0.15, 0.2) is 0 Å². The molecule has 1 saturated carbocycles. The van der Waals surface area contributed by atoms with Crippen molar-refractivity contribution in [1.82, 2.24) is 14.3 Å². The molecule has 150 valence electrons. The molecule has 3 heterocycles. The van der Waals surface area contributed by atoms with Crippen molar-refractivity contribution in [3.05, 3.63) is 54.6 Å². The largest absolute Gasteiger partial charge is 0.379 e. The van der Waals surface area contributed by atoms with Crippen molar-refractivity contribution in [2.24, 2.45) is 0 Å². The minimum Gasteiger partial charge on any atom is -0.379 e. The van der Waals surface area contributed by atoms with E-state index < -0.39 is 10.0 Å². The molecule has 2 fully saturated rings.